The number of ketones is 1. The molecule has 4 nitrogen and oxygen atoms in total. The first-order chi connectivity index (χ1) is 8.36. The molecule has 5 heteroatoms. The molecule has 0 N–H and O–H groups in total. The molecule has 0 fully saturated rings. The van der Waals surface area contributed by atoms with E-state index in [0.717, 1.165) is 35.7 Å². The van der Waals surface area contributed by atoms with E-state index in [9.17, 15) is 4.79 Å². The number of carbonyl (C=O) groups is 1. The number of rotatable bonds is 2. The second kappa shape index (κ2) is 4.25. The van der Waals surface area contributed by atoms with E-state index in [2.05, 4.69) is 9.59 Å². The Morgan fingerprint density at radius 1 is 1.41 bits per heavy atom. The Bertz CT molecular complexity index is 552. The van der Waals surface area contributed by atoms with Crippen LogP contribution in [0.15, 0.2) is 24.4 Å². The summed E-state index contributed by atoms with van der Waals surface area (Å²) in [5.41, 5.74) is 1.73. The predicted molar refractivity (Wildman–Crippen MR) is 63.6 cm³/mol. The quantitative estimate of drug-likeness (QED) is 0.761. The lowest BCUT2D eigenvalue weighted by Gasteiger charge is -2.19. The maximum Gasteiger partial charge on any atom is 0.209 e. The van der Waals surface area contributed by atoms with Crippen molar-refractivity contribution in [2.75, 3.05) is 6.61 Å². The SMILES string of the molecule is O=C(c1cnns1)c1cccc2c1OCCC2. The fraction of sp³-hybridized carbons (Fsp3) is 0.250. The summed E-state index contributed by atoms with van der Waals surface area (Å²) in [5, 5.41) is 3.69. The van der Waals surface area contributed by atoms with Gasteiger partial charge in [-0.05, 0) is 36.0 Å². The van der Waals surface area contributed by atoms with Gasteiger partial charge < -0.3 is 4.74 Å². The fourth-order valence-corrected chi connectivity index (χ4v) is 2.44. The highest BCUT2D eigenvalue weighted by molar-refractivity contribution is 7.08. The van der Waals surface area contributed by atoms with Gasteiger partial charge in [-0.3, -0.25) is 4.79 Å². The van der Waals surface area contributed by atoms with E-state index in [1.54, 1.807) is 6.07 Å². The maximum absolute atomic E-state index is 12.2. The minimum absolute atomic E-state index is 0.0567. The second-order valence-corrected chi connectivity index (χ2v) is 4.64. The topological polar surface area (TPSA) is 52.1 Å². The third-order valence-corrected chi connectivity index (χ3v) is 3.43. The van der Waals surface area contributed by atoms with Gasteiger partial charge >= 0.3 is 0 Å². The predicted octanol–water partition coefficient (Wildman–Crippen LogP) is 2.09. The third-order valence-electron chi connectivity index (χ3n) is 2.76. The number of nitrogens with zero attached hydrogens (tertiary/aromatic N) is 2. The number of aromatic nitrogens is 2. The molecule has 2 aromatic rings. The minimum atomic E-state index is -0.0567. The average Bonchev–Trinajstić information content (AvgIpc) is 2.91. The number of benzene rings is 1. The van der Waals surface area contributed by atoms with E-state index in [1.807, 2.05) is 12.1 Å². The summed E-state index contributed by atoms with van der Waals surface area (Å²) in [6.07, 6.45) is 3.47. The van der Waals surface area contributed by atoms with Gasteiger partial charge in [-0.2, -0.15) is 0 Å². The van der Waals surface area contributed by atoms with Crippen molar-refractivity contribution in [2.24, 2.45) is 0 Å². The van der Waals surface area contributed by atoms with Gasteiger partial charge in [0.25, 0.3) is 0 Å². The van der Waals surface area contributed by atoms with Crippen LogP contribution in [0.1, 0.15) is 27.2 Å². The van der Waals surface area contributed by atoms with Crippen molar-refractivity contribution in [3.8, 4) is 5.75 Å². The third kappa shape index (κ3) is 1.82. The Morgan fingerprint density at radius 3 is 3.18 bits per heavy atom. The van der Waals surface area contributed by atoms with Crippen molar-refractivity contribution in [3.63, 3.8) is 0 Å². The Labute approximate surface area is 102 Å². The molecular weight excluding hydrogens is 236 g/mol. The molecule has 0 saturated carbocycles. The van der Waals surface area contributed by atoms with Crippen LogP contribution in [0.3, 0.4) is 0 Å². The first-order valence-corrected chi connectivity index (χ1v) is 6.20. The normalized spacial score (nSPS) is 13.9. The number of hydrogen-bond donors (Lipinski definition) is 0. The number of aryl methyl sites for hydroxylation is 1. The van der Waals surface area contributed by atoms with Crippen LogP contribution < -0.4 is 4.74 Å². The molecular formula is C12H10N2O2S. The van der Waals surface area contributed by atoms with E-state index in [0.29, 0.717) is 17.0 Å². The van der Waals surface area contributed by atoms with Gasteiger partial charge in [0.05, 0.1) is 18.4 Å². The van der Waals surface area contributed by atoms with Crippen LogP contribution in [-0.2, 0) is 6.42 Å². The van der Waals surface area contributed by atoms with Gasteiger partial charge in [0.15, 0.2) is 0 Å². The number of carbonyl (C=O) groups excluding carboxylic acids is 1. The number of ether oxygens (including phenoxy) is 1. The highest BCUT2D eigenvalue weighted by Gasteiger charge is 2.21. The molecule has 0 amide bonds. The molecule has 0 spiro atoms. The zero-order valence-corrected chi connectivity index (χ0v) is 9.87. The van der Waals surface area contributed by atoms with Crippen molar-refractivity contribution in [2.45, 2.75) is 12.8 Å². The first kappa shape index (κ1) is 10.4. The lowest BCUT2D eigenvalue weighted by Crippen LogP contribution is -2.12. The fourth-order valence-electron chi connectivity index (χ4n) is 1.97. The summed E-state index contributed by atoms with van der Waals surface area (Å²) in [5.74, 6) is 0.677. The van der Waals surface area contributed by atoms with Crippen molar-refractivity contribution in [1.29, 1.82) is 0 Å². The summed E-state index contributed by atoms with van der Waals surface area (Å²) in [6.45, 7) is 0.679. The van der Waals surface area contributed by atoms with E-state index < -0.39 is 0 Å². The van der Waals surface area contributed by atoms with E-state index in [4.69, 9.17) is 4.74 Å². The number of para-hydroxylation sites is 1. The Morgan fingerprint density at radius 2 is 2.35 bits per heavy atom. The highest BCUT2D eigenvalue weighted by Crippen LogP contribution is 2.30. The smallest absolute Gasteiger partial charge is 0.209 e. The van der Waals surface area contributed by atoms with Gasteiger partial charge in [0.1, 0.15) is 10.6 Å². The van der Waals surface area contributed by atoms with Crippen LogP contribution >= 0.6 is 11.5 Å². The molecule has 2 heterocycles. The Hall–Kier alpha value is -1.75. The first-order valence-electron chi connectivity index (χ1n) is 5.43. The molecule has 1 aliphatic rings. The number of hydrogen-bond acceptors (Lipinski definition) is 5. The molecule has 17 heavy (non-hydrogen) atoms. The molecule has 3 rings (SSSR count). The second-order valence-electron chi connectivity index (χ2n) is 3.86. The van der Waals surface area contributed by atoms with Gasteiger partial charge in [0, 0.05) is 0 Å². The summed E-state index contributed by atoms with van der Waals surface area (Å²) >= 11 is 1.11. The van der Waals surface area contributed by atoms with Crippen molar-refractivity contribution in [1.82, 2.24) is 9.59 Å². The molecule has 86 valence electrons. The molecule has 1 aliphatic heterocycles. The zero-order valence-electron chi connectivity index (χ0n) is 9.05. The Kier molecular flexibility index (Phi) is 2.60. The lowest BCUT2D eigenvalue weighted by atomic mass is 10.00. The van der Waals surface area contributed by atoms with Crippen LogP contribution in [0.4, 0.5) is 0 Å². The van der Waals surface area contributed by atoms with Crippen molar-refractivity contribution >= 4 is 17.3 Å². The molecule has 0 radical (unpaired) electrons. The summed E-state index contributed by atoms with van der Waals surface area (Å²) in [6, 6.07) is 5.71. The number of fused-ring (bicyclic) bond motifs is 1. The van der Waals surface area contributed by atoms with Crippen LogP contribution in [0.25, 0.3) is 0 Å². The van der Waals surface area contributed by atoms with E-state index >= 15 is 0 Å². The summed E-state index contributed by atoms with van der Waals surface area (Å²) in [4.78, 5) is 12.8. The molecule has 0 unspecified atom stereocenters. The molecule has 0 bridgehead atoms. The average molecular weight is 246 g/mol. The van der Waals surface area contributed by atoms with Gasteiger partial charge in [-0.25, -0.2) is 0 Å². The van der Waals surface area contributed by atoms with Crippen LogP contribution in [0.2, 0.25) is 0 Å². The molecule has 0 saturated heterocycles. The molecule has 0 aliphatic carbocycles. The standard InChI is InChI=1S/C12H10N2O2S/c15-11(10-7-13-14-17-10)9-5-1-3-8-4-2-6-16-12(8)9/h1,3,5,7H,2,4,6H2. The molecule has 1 aromatic carbocycles. The maximum atomic E-state index is 12.2. The van der Waals surface area contributed by atoms with Gasteiger partial charge in [-0.15, -0.1) is 5.10 Å². The zero-order chi connectivity index (χ0) is 11.7. The van der Waals surface area contributed by atoms with Gasteiger partial charge in [0.2, 0.25) is 5.78 Å². The van der Waals surface area contributed by atoms with Crippen LogP contribution in [0.5, 0.6) is 5.75 Å². The summed E-state index contributed by atoms with van der Waals surface area (Å²) in [7, 11) is 0. The molecule has 0 atom stereocenters. The minimum Gasteiger partial charge on any atom is -0.493 e. The van der Waals surface area contributed by atoms with Crippen molar-refractivity contribution < 1.29 is 9.53 Å². The Balaban J connectivity index is 2.06. The monoisotopic (exact) mass is 246 g/mol. The van der Waals surface area contributed by atoms with E-state index in [1.165, 1.54) is 6.20 Å². The van der Waals surface area contributed by atoms with E-state index in [-0.39, 0.29) is 5.78 Å². The van der Waals surface area contributed by atoms with Crippen LogP contribution in [-0.4, -0.2) is 22.0 Å². The molecule has 1 aromatic heterocycles. The summed E-state index contributed by atoms with van der Waals surface area (Å²) < 4.78 is 9.33. The van der Waals surface area contributed by atoms with Crippen LogP contribution in [0, 0.1) is 0 Å². The highest BCUT2D eigenvalue weighted by atomic mass is 32.1. The van der Waals surface area contributed by atoms with Gasteiger partial charge in [-0.1, -0.05) is 16.6 Å². The lowest BCUT2D eigenvalue weighted by molar-refractivity contribution is 0.103. The largest absolute Gasteiger partial charge is 0.493 e. The van der Waals surface area contributed by atoms with Crippen molar-refractivity contribution in [3.05, 3.63) is 40.4 Å².